The summed E-state index contributed by atoms with van der Waals surface area (Å²) in [7, 11) is 0. The van der Waals surface area contributed by atoms with Crippen molar-refractivity contribution in [2.45, 2.75) is 20.0 Å². The number of pyridine rings is 1. The molecule has 1 N–H and O–H groups in total. The molecular weight excluding hydrogens is 206 g/mol. The lowest BCUT2D eigenvalue weighted by molar-refractivity contribution is -0.141. The topological polar surface area (TPSA) is 59.4 Å². The van der Waals surface area contributed by atoms with Crippen LogP contribution in [-0.4, -0.2) is 22.7 Å². The molecule has 4 nitrogen and oxygen atoms in total. The molecule has 0 radical (unpaired) electrons. The Morgan fingerprint density at radius 1 is 1.56 bits per heavy atom. The van der Waals surface area contributed by atoms with Gasteiger partial charge in [-0.15, -0.1) is 0 Å². The molecule has 0 amide bonds. The molecule has 0 aromatic carbocycles. The Bertz CT molecular complexity index is 418. The van der Waals surface area contributed by atoms with Crippen molar-refractivity contribution in [1.82, 2.24) is 4.98 Å². The number of hydrogen-bond acceptors (Lipinski definition) is 4. The molecule has 16 heavy (non-hydrogen) atoms. The Hall–Kier alpha value is -1.86. The summed E-state index contributed by atoms with van der Waals surface area (Å²) >= 11 is 0. The molecule has 0 saturated carbocycles. The van der Waals surface area contributed by atoms with Crippen molar-refractivity contribution in [2.24, 2.45) is 0 Å². The number of aliphatic hydroxyl groups is 1. The largest absolute Gasteiger partial charge is 0.465 e. The molecule has 1 aromatic heterocycles. The summed E-state index contributed by atoms with van der Waals surface area (Å²) in [6, 6.07) is 1.73. The number of rotatable bonds is 3. The lowest BCUT2D eigenvalue weighted by Crippen LogP contribution is -2.01. The van der Waals surface area contributed by atoms with E-state index >= 15 is 0 Å². The third-order valence-electron chi connectivity index (χ3n) is 1.75. The molecule has 0 aliphatic carbocycles. The quantitative estimate of drug-likeness (QED) is 0.605. The summed E-state index contributed by atoms with van der Waals surface area (Å²) in [5, 5.41) is 8.88. The second-order valence-electron chi connectivity index (χ2n) is 3.02. The number of carbonyl (C=O) groups is 1. The first-order chi connectivity index (χ1) is 7.76. The van der Waals surface area contributed by atoms with Crippen molar-refractivity contribution in [3.05, 3.63) is 29.6 Å². The zero-order valence-corrected chi connectivity index (χ0v) is 9.06. The van der Waals surface area contributed by atoms with E-state index in [1.807, 2.05) is 0 Å². The Morgan fingerprint density at radius 3 is 3.06 bits per heavy atom. The Balaban J connectivity index is 2.59. The molecule has 0 saturated heterocycles. The highest BCUT2D eigenvalue weighted by Gasteiger charge is 1.96. The summed E-state index contributed by atoms with van der Waals surface area (Å²) in [5.41, 5.74) is 1.37. The number of aliphatic hydroxyl groups excluding tert-OH is 1. The van der Waals surface area contributed by atoms with Crippen LogP contribution >= 0.6 is 0 Å². The van der Waals surface area contributed by atoms with E-state index in [2.05, 4.69) is 16.8 Å². The van der Waals surface area contributed by atoms with Gasteiger partial charge >= 0.3 is 5.97 Å². The fourth-order valence-corrected chi connectivity index (χ4v) is 1.07. The fourth-order valence-electron chi connectivity index (χ4n) is 1.07. The zero-order valence-electron chi connectivity index (χ0n) is 9.06. The number of ether oxygens (including phenoxy) is 1. The van der Waals surface area contributed by atoms with Gasteiger partial charge in [0, 0.05) is 18.0 Å². The van der Waals surface area contributed by atoms with Crippen molar-refractivity contribution in [1.29, 1.82) is 0 Å². The van der Waals surface area contributed by atoms with Crippen LogP contribution in [0.5, 0.6) is 0 Å². The number of nitrogens with zero attached hydrogens (tertiary/aromatic N) is 1. The molecule has 4 heteroatoms. The molecule has 0 fully saturated rings. The maximum atomic E-state index is 11.0. The van der Waals surface area contributed by atoms with Crippen LogP contribution in [0.25, 0.3) is 0 Å². The van der Waals surface area contributed by atoms with Gasteiger partial charge in [-0.3, -0.25) is 9.78 Å². The van der Waals surface area contributed by atoms with Crippen LogP contribution in [0.3, 0.4) is 0 Å². The molecule has 0 aliphatic rings. The van der Waals surface area contributed by atoms with Gasteiger partial charge in [-0.25, -0.2) is 0 Å². The van der Waals surface area contributed by atoms with Gasteiger partial charge in [-0.05, 0) is 18.6 Å². The van der Waals surface area contributed by atoms with Gasteiger partial charge in [-0.1, -0.05) is 11.8 Å². The third-order valence-corrected chi connectivity index (χ3v) is 1.75. The van der Waals surface area contributed by atoms with E-state index in [4.69, 9.17) is 9.84 Å². The Morgan fingerprint density at radius 2 is 2.38 bits per heavy atom. The van der Waals surface area contributed by atoms with E-state index in [9.17, 15) is 4.79 Å². The summed E-state index contributed by atoms with van der Waals surface area (Å²) in [6.07, 6.45) is 3.21. The molecule has 0 unspecified atom stereocenters. The monoisotopic (exact) mass is 219 g/mol. The lowest BCUT2D eigenvalue weighted by atomic mass is 10.2. The smallest absolute Gasteiger partial charge is 0.317 e. The summed E-state index contributed by atoms with van der Waals surface area (Å²) in [4.78, 5) is 14.9. The van der Waals surface area contributed by atoms with Crippen LogP contribution in [-0.2, 0) is 16.1 Å². The Labute approximate surface area is 94.3 Å². The van der Waals surface area contributed by atoms with Crippen LogP contribution in [0.4, 0.5) is 0 Å². The summed E-state index contributed by atoms with van der Waals surface area (Å²) < 4.78 is 4.73. The average Bonchev–Trinajstić information content (AvgIpc) is 2.30. The van der Waals surface area contributed by atoms with Gasteiger partial charge < -0.3 is 9.84 Å². The van der Waals surface area contributed by atoms with Crippen LogP contribution in [0.1, 0.15) is 24.5 Å². The van der Waals surface area contributed by atoms with Gasteiger partial charge in [-0.2, -0.15) is 0 Å². The molecule has 1 aromatic rings. The molecule has 84 valence electrons. The van der Waals surface area contributed by atoms with Crippen molar-refractivity contribution in [3.63, 3.8) is 0 Å². The van der Waals surface area contributed by atoms with Crippen molar-refractivity contribution < 1.29 is 14.6 Å². The van der Waals surface area contributed by atoms with Crippen molar-refractivity contribution in [2.75, 3.05) is 6.61 Å². The maximum Gasteiger partial charge on any atom is 0.317 e. The van der Waals surface area contributed by atoms with E-state index < -0.39 is 0 Å². The van der Waals surface area contributed by atoms with Gasteiger partial charge in [0.05, 0.1) is 13.2 Å². The summed E-state index contributed by atoms with van der Waals surface area (Å²) in [5.74, 6) is 5.14. The van der Waals surface area contributed by atoms with Gasteiger partial charge in [0.2, 0.25) is 0 Å². The molecule has 0 aliphatic heterocycles. The predicted octanol–water partition coefficient (Wildman–Crippen LogP) is 0.879. The van der Waals surface area contributed by atoms with Crippen molar-refractivity contribution >= 4 is 5.97 Å². The number of hydrogen-bond donors (Lipinski definition) is 1. The predicted molar refractivity (Wildman–Crippen MR) is 58.3 cm³/mol. The van der Waals surface area contributed by atoms with Crippen LogP contribution in [0.15, 0.2) is 18.5 Å². The molecule has 0 atom stereocenters. The van der Waals surface area contributed by atoms with E-state index in [0.29, 0.717) is 17.7 Å². The van der Waals surface area contributed by atoms with E-state index in [1.54, 1.807) is 25.4 Å². The van der Waals surface area contributed by atoms with Crippen LogP contribution in [0, 0.1) is 11.8 Å². The normalized spacial score (nSPS) is 9.12. The van der Waals surface area contributed by atoms with Crippen molar-refractivity contribution in [3.8, 4) is 11.8 Å². The first-order valence-corrected chi connectivity index (χ1v) is 4.95. The van der Waals surface area contributed by atoms with Crippen LogP contribution < -0.4 is 0 Å². The van der Waals surface area contributed by atoms with E-state index in [0.717, 1.165) is 0 Å². The minimum Gasteiger partial charge on any atom is -0.465 e. The highest BCUT2D eigenvalue weighted by atomic mass is 16.5. The number of carbonyl (C=O) groups excluding carboxylic acids is 1. The second kappa shape index (κ2) is 6.59. The zero-order chi connectivity index (χ0) is 11.8. The first-order valence-electron chi connectivity index (χ1n) is 4.95. The molecule has 0 bridgehead atoms. The lowest BCUT2D eigenvalue weighted by Gasteiger charge is -1.96. The number of esters is 1. The van der Waals surface area contributed by atoms with Crippen LogP contribution in [0.2, 0.25) is 0 Å². The first kappa shape index (κ1) is 12.2. The molecule has 0 spiro atoms. The summed E-state index contributed by atoms with van der Waals surface area (Å²) in [6.45, 7) is 2.04. The average molecular weight is 219 g/mol. The minimum absolute atomic E-state index is 0.0667. The van der Waals surface area contributed by atoms with Gasteiger partial charge in [0.1, 0.15) is 6.42 Å². The minimum atomic E-state index is -0.332. The third kappa shape index (κ3) is 4.11. The molecular formula is C12H13NO3. The number of aromatic nitrogens is 1. The van der Waals surface area contributed by atoms with Gasteiger partial charge in [0.25, 0.3) is 0 Å². The SMILES string of the molecule is CCOC(=O)CC#Cc1cncc(CO)c1. The standard InChI is InChI=1S/C12H13NO3/c1-2-16-12(15)5-3-4-10-6-11(9-14)8-13-7-10/h6-8,14H,2,5,9H2,1H3. The van der Waals surface area contributed by atoms with E-state index in [1.165, 1.54) is 0 Å². The highest BCUT2D eigenvalue weighted by Crippen LogP contribution is 2.00. The second-order valence-corrected chi connectivity index (χ2v) is 3.02. The maximum absolute atomic E-state index is 11.0. The van der Waals surface area contributed by atoms with E-state index in [-0.39, 0.29) is 19.0 Å². The molecule has 1 heterocycles. The fraction of sp³-hybridized carbons (Fsp3) is 0.333. The molecule has 1 rings (SSSR count). The highest BCUT2D eigenvalue weighted by molar-refractivity contribution is 5.72. The Kier molecular flexibility index (Phi) is 5.03. The van der Waals surface area contributed by atoms with Gasteiger partial charge in [0.15, 0.2) is 0 Å².